The van der Waals surface area contributed by atoms with Crippen LogP contribution in [-0.4, -0.2) is 13.4 Å². The molecule has 0 spiro atoms. The minimum absolute atomic E-state index is 0.0302. The van der Waals surface area contributed by atoms with Crippen LogP contribution in [0.1, 0.15) is 15.9 Å². The lowest BCUT2D eigenvalue weighted by atomic mass is 10.1. The second-order valence-electron chi connectivity index (χ2n) is 4.12. The van der Waals surface area contributed by atoms with Crippen LogP contribution in [-0.2, 0) is 6.18 Å². The molecule has 0 aliphatic heterocycles. The van der Waals surface area contributed by atoms with Crippen molar-refractivity contribution in [1.29, 1.82) is 0 Å². The van der Waals surface area contributed by atoms with Crippen LogP contribution < -0.4 is 9.47 Å². The van der Waals surface area contributed by atoms with E-state index in [-0.39, 0.29) is 17.8 Å². The molecule has 3 nitrogen and oxygen atoms in total. The number of halogens is 3. The van der Waals surface area contributed by atoms with Gasteiger partial charge in [0.1, 0.15) is 5.75 Å². The number of alkyl halides is 3. The van der Waals surface area contributed by atoms with Crippen LogP contribution in [0.15, 0.2) is 42.5 Å². The number of carbonyl (C=O) groups excluding carboxylic acids is 1. The second kappa shape index (κ2) is 5.87. The third-order valence-electron chi connectivity index (χ3n) is 2.75. The maximum atomic E-state index is 12.9. The van der Waals surface area contributed by atoms with Gasteiger partial charge in [-0.15, -0.1) is 0 Å². The Labute approximate surface area is 118 Å². The summed E-state index contributed by atoms with van der Waals surface area (Å²) < 4.78 is 49.0. The average molecular weight is 296 g/mol. The fourth-order valence-electron chi connectivity index (χ4n) is 1.78. The van der Waals surface area contributed by atoms with Gasteiger partial charge in [-0.2, -0.15) is 13.2 Å². The summed E-state index contributed by atoms with van der Waals surface area (Å²) in [7, 11) is 1.43. The van der Waals surface area contributed by atoms with Crippen molar-refractivity contribution in [2.75, 3.05) is 7.11 Å². The molecule has 0 heterocycles. The van der Waals surface area contributed by atoms with Crippen LogP contribution in [0.25, 0.3) is 0 Å². The Balaban J connectivity index is 2.40. The van der Waals surface area contributed by atoms with Gasteiger partial charge in [0, 0.05) is 5.56 Å². The van der Waals surface area contributed by atoms with Crippen molar-refractivity contribution in [3.63, 3.8) is 0 Å². The average Bonchev–Trinajstić information content (AvgIpc) is 2.47. The maximum Gasteiger partial charge on any atom is 0.417 e. The van der Waals surface area contributed by atoms with Crippen LogP contribution in [0, 0.1) is 0 Å². The van der Waals surface area contributed by atoms with Gasteiger partial charge in [0.05, 0.1) is 12.7 Å². The Morgan fingerprint density at radius 3 is 2.29 bits per heavy atom. The first kappa shape index (κ1) is 14.9. The largest absolute Gasteiger partial charge is 0.493 e. The van der Waals surface area contributed by atoms with Crippen molar-refractivity contribution in [1.82, 2.24) is 0 Å². The molecule has 0 amide bonds. The van der Waals surface area contributed by atoms with Crippen molar-refractivity contribution in [2.45, 2.75) is 6.18 Å². The topological polar surface area (TPSA) is 35.5 Å². The quantitative estimate of drug-likeness (QED) is 0.788. The highest BCUT2D eigenvalue weighted by Gasteiger charge is 2.33. The highest BCUT2D eigenvalue weighted by Crippen LogP contribution is 2.36. The minimum Gasteiger partial charge on any atom is -0.493 e. The Bertz CT molecular complexity index is 651. The van der Waals surface area contributed by atoms with Crippen molar-refractivity contribution >= 4 is 6.29 Å². The molecule has 110 valence electrons. The Kier molecular flexibility index (Phi) is 4.16. The van der Waals surface area contributed by atoms with E-state index in [2.05, 4.69) is 0 Å². The lowest BCUT2D eigenvalue weighted by molar-refractivity contribution is -0.137. The van der Waals surface area contributed by atoms with Gasteiger partial charge < -0.3 is 9.47 Å². The third kappa shape index (κ3) is 3.34. The van der Waals surface area contributed by atoms with Crippen molar-refractivity contribution < 1.29 is 27.4 Å². The molecule has 0 bridgehead atoms. The summed E-state index contributed by atoms with van der Waals surface area (Å²) in [5, 5.41) is 0. The number of hydrogen-bond donors (Lipinski definition) is 0. The summed E-state index contributed by atoms with van der Waals surface area (Å²) in [5.41, 5.74) is -1.47. The predicted octanol–water partition coefficient (Wildman–Crippen LogP) is 4.32. The second-order valence-corrected chi connectivity index (χ2v) is 4.12. The van der Waals surface area contributed by atoms with Crippen LogP contribution >= 0.6 is 0 Å². The first-order chi connectivity index (χ1) is 9.95. The molecule has 2 aromatic rings. The number of benzene rings is 2. The van der Waals surface area contributed by atoms with E-state index >= 15 is 0 Å². The number of aldehydes is 1. The number of rotatable bonds is 4. The molecule has 0 aliphatic rings. The number of hydrogen-bond acceptors (Lipinski definition) is 3. The van der Waals surface area contributed by atoms with E-state index in [4.69, 9.17) is 9.47 Å². The van der Waals surface area contributed by atoms with E-state index in [0.29, 0.717) is 5.75 Å². The van der Waals surface area contributed by atoms with Gasteiger partial charge in [-0.1, -0.05) is 12.1 Å². The normalized spacial score (nSPS) is 11.0. The van der Waals surface area contributed by atoms with Crippen molar-refractivity contribution in [3.8, 4) is 17.2 Å². The van der Waals surface area contributed by atoms with Crippen LogP contribution in [0.3, 0.4) is 0 Å². The van der Waals surface area contributed by atoms with Gasteiger partial charge in [-0.05, 0) is 30.3 Å². The van der Waals surface area contributed by atoms with Crippen LogP contribution in [0.5, 0.6) is 17.2 Å². The van der Waals surface area contributed by atoms with Crippen LogP contribution in [0.2, 0.25) is 0 Å². The molecule has 0 saturated carbocycles. The molecule has 0 atom stereocenters. The van der Waals surface area contributed by atoms with Gasteiger partial charge in [-0.25, -0.2) is 0 Å². The first-order valence-electron chi connectivity index (χ1n) is 5.93. The molecule has 21 heavy (non-hydrogen) atoms. The molecule has 0 fully saturated rings. The van der Waals surface area contributed by atoms with Crippen molar-refractivity contribution in [2.24, 2.45) is 0 Å². The SMILES string of the molecule is COc1ccccc1Oc1ccc(C=O)c(C(F)(F)F)c1. The summed E-state index contributed by atoms with van der Waals surface area (Å²) in [6, 6.07) is 9.73. The van der Waals surface area contributed by atoms with E-state index in [0.717, 1.165) is 12.1 Å². The number of methoxy groups -OCH3 is 1. The lowest BCUT2D eigenvalue weighted by Gasteiger charge is -2.13. The molecule has 0 aromatic heterocycles. The molecule has 0 N–H and O–H groups in total. The summed E-state index contributed by atoms with van der Waals surface area (Å²) in [4.78, 5) is 10.7. The highest BCUT2D eigenvalue weighted by molar-refractivity contribution is 5.78. The fourth-order valence-corrected chi connectivity index (χ4v) is 1.78. The van der Waals surface area contributed by atoms with E-state index in [1.807, 2.05) is 0 Å². The summed E-state index contributed by atoms with van der Waals surface area (Å²) >= 11 is 0. The number of ether oxygens (including phenoxy) is 2. The standard InChI is InChI=1S/C15H11F3O3/c1-20-13-4-2-3-5-14(13)21-11-7-6-10(9-19)12(8-11)15(16,17)18/h2-9H,1H3. The number of carbonyl (C=O) groups is 1. The van der Waals surface area contributed by atoms with E-state index in [9.17, 15) is 18.0 Å². The van der Waals surface area contributed by atoms with Gasteiger partial charge in [0.2, 0.25) is 0 Å². The molecular weight excluding hydrogens is 285 g/mol. The van der Waals surface area contributed by atoms with Gasteiger partial charge in [-0.3, -0.25) is 4.79 Å². The Morgan fingerprint density at radius 1 is 1.05 bits per heavy atom. The molecule has 6 heteroatoms. The first-order valence-corrected chi connectivity index (χ1v) is 5.93. The maximum absolute atomic E-state index is 12.9. The molecule has 0 saturated heterocycles. The lowest BCUT2D eigenvalue weighted by Crippen LogP contribution is -2.09. The number of para-hydroxylation sites is 2. The van der Waals surface area contributed by atoms with E-state index < -0.39 is 17.3 Å². The molecule has 0 aliphatic carbocycles. The predicted molar refractivity (Wildman–Crippen MR) is 69.9 cm³/mol. The summed E-state index contributed by atoms with van der Waals surface area (Å²) in [6.45, 7) is 0. The van der Waals surface area contributed by atoms with Gasteiger partial charge in [0.25, 0.3) is 0 Å². The molecule has 0 radical (unpaired) electrons. The monoisotopic (exact) mass is 296 g/mol. The molecule has 2 rings (SSSR count). The summed E-state index contributed by atoms with van der Waals surface area (Å²) in [6.07, 6.45) is -4.47. The van der Waals surface area contributed by atoms with Crippen LogP contribution in [0.4, 0.5) is 13.2 Å². The Morgan fingerprint density at radius 2 is 1.71 bits per heavy atom. The molecule has 0 unspecified atom stereocenters. The summed E-state index contributed by atoms with van der Waals surface area (Å²) in [5.74, 6) is 0.648. The third-order valence-corrected chi connectivity index (χ3v) is 2.75. The van der Waals surface area contributed by atoms with E-state index in [1.165, 1.54) is 13.2 Å². The van der Waals surface area contributed by atoms with E-state index in [1.54, 1.807) is 24.3 Å². The fraction of sp³-hybridized carbons (Fsp3) is 0.133. The minimum atomic E-state index is -4.63. The molecule has 2 aromatic carbocycles. The zero-order chi connectivity index (χ0) is 15.5. The molecular formula is C15H11F3O3. The van der Waals surface area contributed by atoms with Gasteiger partial charge in [0.15, 0.2) is 17.8 Å². The van der Waals surface area contributed by atoms with Crippen molar-refractivity contribution in [3.05, 3.63) is 53.6 Å². The highest BCUT2D eigenvalue weighted by atomic mass is 19.4. The Hall–Kier alpha value is -2.50. The zero-order valence-electron chi connectivity index (χ0n) is 11.0. The van der Waals surface area contributed by atoms with Gasteiger partial charge >= 0.3 is 6.18 Å². The zero-order valence-corrected chi connectivity index (χ0v) is 11.0. The smallest absolute Gasteiger partial charge is 0.417 e.